The van der Waals surface area contributed by atoms with Crippen molar-refractivity contribution in [3.05, 3.63) is 142 Å². The molecule has 0 saturated heterocycles. The van der Waals surface area contributed by atoms with Gasteiger partial charge in [-0.2, -0.15) is 0 Å². The van der Waals surface area contributed by atoms with Crippen LogP contribution in [0.3, 0.4) is 0 Å². The van der Waals surface area contributed by atoms with Crippen molar-refractivity contribution >= 4 is 69.6 Å². The van der Waals surface area contributed by atoms with Gasteiger partial charge in [0.15, 0.2) is 16.8 Å². The zero-order valence-electron chi connectivity index (χ0n) is 21.8. The van der Waals surface area contributed by atoms with Gasteiger partial charge >= 0.3 is 0 Å². The molecule has 40 heavy (non-hydrogen) atoms. The predicted molar refractivity (Wildman–Crippen MR) is 180 cm³/mol. The molecule has 9 heteroatoms. The van der Waals surface area contributed by atoms with E-state index in [0.717, 1.165) is 22.8 Å². The highest BCUT2D eigenvalue weighted by Gasteiger charge is 2.39. The molecule has 0 aliphatic heterocycles. The summed E-state index contributed by atoms with van der Waals surface area (Å²) in [4.78, 5) is 14.0. The van der Waals surface area contributed by atoms with Crippen LogP contribution in [-0.2, 0) is 18.5 Å². The Bertz CT molecular complexity index is 1480. The van der Waals surface area contributed by atoms with E-state index < -0.39 is 28.2 Å². The number of rotatable bonds is 8. The number of alkyl halides is 3. The first-order chi connectivity index (χ1) is 18.7. The van der Waals surface area contributed by atoms with Gasteiger partial charge in [-0.05, 0) is 59.4 Å². The summed E-state index contributed by atoms with van der Waals surface area (Å²) in [7, 11) is 4.34. The van der Waals surface area contributed by atoms with Crippen LogP contribution in [0.25, 0.3) is 0 Å². The van der Waals surface area contributed by atoms with Crippen LogP contribution in [0.4, 0.5) is 13.2 Å². The van der Waals surface area contributed by atoms with Crippen molar-refractivity contribution in [2.24, 2.45) is 0 Å². The Morgan fingerprint density at radius 2 is 1.38 bits per heavy atom. The molecule has 0 aliphatic rings. The molecule has 4 aromatic carbocycles. The highest BCUT2D eigenvalue weighted by Crippen LogP contribution is 2.44. The molecule has 0 aromatic heterocycles. The van der Waals surface area contributed by atoms with Gasteiger partial charge in [0, 0.05) is 6.42 Å². The third-order valence-electron chi connectivity index (χ3n) is 6.83. The minimum Gasteiger partial charge on any atom is -0.338 e. The van der Waals surface area contributed by atoms with Gasteiger partial charge in [-0.1, -0.05) is 143 Å². The van der Waals surface area contributed by atoms with Crippen LogP contribution < -0.4 is 5.32 Å². The summed E-state index contributed by atoms with van der Waals surface area (Å²) >= 11 is 4.68. The minimum atomic E-state index is -1.81. The average molecular weight is 803 g/mol. The van der Waals surface area contributed by atoms with E-state index in [2.05, 4.69) is 75.9 Å². The van der Waals surface area contributed by atoms with Gasteiger partial charge in [0.1, 0.15) is 0 Å². The van der Waals surface area contributed by atoms with Crippen molar-refractivity contribution in [2.75, 3.05) is 0 Å². The first kappa shape index (κ1) is 31.4. The van der Waals surface area contributed by atoms with E-state index in [1.54, 1.807) is 25.1 Å². The summed E-state index contributed by atoms with van der Waals surface area (Å²) in [6.45, 7) is 3.63. The van der Waals surface area contributed by atoms with Crippen molar-refractivity contribution in [3.63, 3.8) is 0 Å². The topological polar surface area (TPSA) is 29.1 Å². The summed E-state index contributed by atoms with van der Waals surface area (Å²) in [5, 5.41) is 1.30. The molecule has 2 nitrogen and oxygen atoms in total. The minimum absolute atomic E-state index is 0.269. The molecule has 0 aliphatic carbocycles. The summed E-state index contributed by atoms with van der Waals surface area (Å²) < 4.78 is 44.3. The number of hydrogen-bond acceptors (Lipinski definition) is 1. The highest BCUT2D eigenvalue weighted by atomic mass is 127. The Balaban J connectivity index is 2.04. The predicted octanol–water partition coefficient (Wildman–Crippen LogP) is 9.06. The molecule has 208 valence electrons. The molecule has 0 heterocycles. The lowest BCUT2D eigenvalue weighted by atomic mass is 9.76. The van der Waals surface area contributed by atoms with E-state index in [9.17, 15) is 9.18 Å². The maximum atomic E-state index is 15.2. The summed E-state index contributed by atoms with van der Waals surface area (Å²) in [6, 6.07) is 26.7. The van der Waals surface area contributed by atoms with Crippen LogP contribution in [0, 0.1) is 18.6 Å². The van der Waals surface area contributed by atoms with Crippen LogP contribution in [-0.4, -0.2) is 5.91 Å². The Hall–Kier alpha value is -1.54. The highest BCUT2D eigenvalue weighted by molar-refractivity contribution is 14.2. The summed E-state index contributed by atoms with van der Waals surface area (Å²) in [5.74, 6) is -3.08. The van der Waals surface area contributed by atoms with Crippen molar-refractivity contribution in [2.45, 2.75) is 32.4 Å². The number of amides is 1. The van der Waals surface area contributed by atoms with Gasteiger partial charge in [0.25, 0.3) is 5.91 Å². The normalized spacial score (nSPS) is 13.5. The number of halogens is 5. The Morgan fingerprint density at radius 1 is 0.825 bits per heavy atom. The molecule has 3 atom stereocenters. The fourth-order valence-electron chi connectivity index (χ4n) is 4.72. The van der Waals surface area contributed by atoms with Gasteiger partial charge in [0.05, 0.1) is 12.5 Å². The fourth-order valence-corrected chi connectivity index (χ4v) is 5.75. The molecular formula is C31H28F3I2NOP2. The zero-order chi connectivity index (χ0) is 29.3. The average Bonchev–Trinajstić information content (AvgIpc) is 2.90. The van der Waals surface area contributed by atoms with Gasteiger partial charge in [-0.15, -0.1) is 0 Å². The van der Waals surface area contributed by atoms with Crippen LogP contribution in [0.15, 0.2) is 91.0 Å². The van der Waals surface area contributed by atoms with Gasteiger partial charge in [-0.25, -0.2) is 13.2 Å². The first-order valence-corrected chi connectivity index (χ1v) is 15.7. The second-order valence-corrected chi connectivity index (χ2v) is 18.6. The number of nitrogens with one attached hydrogen (secondary N) is 1. The van der Waals surface area contributed by atoms with Crippen molar-refractivity contribution < 1.29 is 18.0 Å². The van der Waals surface area contributed by atoms with Crippen LogP contribution in [0.1, 0.15) is 50.7 Å². The van der Waals surface area contributed by atoms with Gasteiger partial charge < -0.3 is 5.32 Å². The second-order valence-electron chi connectivity index (χ2n) is 9.89. The molecular weight excluding hydrogens is 775 g/mol. The van der Waals surface area contributed by atoms with Crippen molar-refractivity contribution in [1.29, 1.82) is 0 Å². The lowest BCUT2D eigenvalue weighted by molar-refractivity contribution is 0.0906. The van der Waals surface area contributed by atoms with E-state index in [1.165, 1.54) is 6.07 Å². The molecule has 1 amide bonds. The van der Waals surface area contributed by atoms with Crippen molar-refractivity contribution in [3.8, 4) is 0 Å². The van der Waals surface area contributed by atoms with E-state index in [-0.39, 0.29) is 13.4 Å². The van der Waals surface area contributed by atoms with Crippen LogP contribution in [0.5, 0.6) is 0 Å². The van der Waals surface area contributed by atoms with E-state index in [4.69, 9.17) is 0 Å². The lowest BCUT2D eigenvalue weighted by Gasteiger charge is -2.38. The zero-order valence-corrected chi connectivity index (χ0v) is 28.4. The standard InChI is InChI=1S/C31H28F3I2NOP2/c1-19-14-15-25(32)27(33)26(19)28(38)37-30(18-20-8-4-3-5-9-20,22-11-6-10-21(16-22)29(2,35)36)23-12-7-13-24(17-23)31(34,39)40/h3-17H,18,39-40H2,1-2H3,(H,37,38). The Kier molecular flexibility index (Phi) is 9.71. The molecule has 0 spiro atoms. The first-order valence-electron chi connectivity index (χ1n) is 12.4. The number of hydrogen-bond donors (Lipinski definition) is 1. The third-order valence-corrected chi connectivity index (χ3v) is 8.74. The maximum absolute atomic E-state index is 15.2. The van der Waals surface area contributed by atoms with E-state index >= 15 is 8.78 Å². The van der Waals surface area contributed by atoms with Crippen LogP contribution in [0.2, 0.25) is 0 Å². The van der Waals surface area contributed by atoms with Crippen molar-refractivity contribution in [1.82, 2.24) is 5.32 Å². The number of carbonyl (C=O) groups is 1. The van der Waals surface area contributed by atoms with Gasteiger partial charge in [-0.3, -0.25) is 4.79 Å². The SMILES string of the molecule is Cc1ccc(F)c(F)c1C(=O)NC(Cc1ccccc1)(c1cccc(C(F)(P)P)c1)c1cccc(C(C)(I)I)c1. The van der Waals surface area contributed by atoms with Crippen LogP contribution >= 0.6 is 63.7 Å². The molecule has 4 aromatic rings. The third kappa shape index (κ3) is 6.91. The molecule has 0 saturated carbocycles. The molecule has 0 radical (unpaired) electrons. The molecule has 4 rings (SSSR count). The Labute approximate surface area is 265 Å². The Morgan fingerprint density at radius 3 is 1.95 bits per heavy atom. The van der Waals surface area contributed by atoms with Gasteiger partial charge in [0.2, 0.25) is 0 Å². The quantitative estimate of drug-likeness (QED) is 0.108. The number of benzene rings is 4. The lowest BCUT2D eigenvalue weighted by Crippen LogP contribution is -2.49. The molecule has 3 unspecified atom stereocenters. The largest absolute Gasteiger partial charge is 0.338 e. The second kappa shape index (κ2) is 12.4. The van der Waals surface area contributed by atoms with E-state index in [0.29, 0.717) is 16.7 Å². The summed E-state index contributed by atoms with van der Waals surface area (Å²) in [6.07, 6.45) is 0.272. The molecule has 0 fully saturated rings. The fraction of sp³-hybridized carbons (Fsp3) is 0.194. The monoisotopic (exact) mass is 803 g/mol. The smallest absolute Gasteiger partial charge is 0.255 e. The molecule has 1 N–H and O–H groups in total. The van der Waals surface area contributed by atoms with E-state index in [1.807, 2.05) is 60.7 Å². The maximum Gasteiger partial charge on any atom is 0.255 e. The summed E-state index contributed by atoms with van der Waals surface area (Å²) in [5.41, 5.74) is 2.25. The molecule has 0 bridgehead atoms. The number of aryl methyl sites for hydroxylation is 1. The number of carbonyl (C=O) groups excluding carboxylic acids is 1.